The molecule has 0 radical (unpaired) electrons. The van der Waals surface area contributed by atoms with Crippen molar-refractivity contribution in [1.82, 2.24) is 0 Å². The fraction of sp³-hybridized carbons (Fsp3) is 0.538. The van der Waals surface area contributed by atoms with Crippen molar-refractivity contribution in [2.24, 2.45) is 11.7 Å². The van der Waals surface area contributed by atoms with E-state index in [0.717, 1.165) is 22.9 Å². The Morgan fingerprint density at radius 1 is 1.35 bits per heavy atom. The maximum Gasteiger partial charge on any atom is 0.138 e. The number of halogens is 2. The highest BCUT2D eigenvalue weighted by Crippen LogP contribution is 2.47. The van der Waals surface area contributed by atoms with Gasteiger partial charge in [0, 0.05) is 11.1 Å². The van der Waals surface area contributed by atoms with Gasteiger partial charge in [0.1, 0.15) is 5.75 Å². The standard InChI is InChI=1S/C13H17Cl2NO/c1-17-13-7-11(14)10(6-12(13)15)9(4-5-16)8-2-3-8/h6-9H,2-5,16H2,1H3. The third-order valence-corrected chi connectivity index (χ3v) is 3.96. The molecule has 1 unspecified atom stereocenters. The summed E-state index contributed by atoms with van der Waals surface area (Å²) in [5.74, 6) is 1.79. The zero-order chi connectivity index (χ0) is 12.4. The van der Waals surface area contributed by atoms with E-state index in [1.54, 1.807) is 13.2 Å². The van der Waals surface area contributed by atoms with Gasteiger partial charge in [-0.15, -0.1) is 0 Å². The molecule has 2 nitrogen and oxygen atoms in total. The summed E-state index contributed by atoms with van der Waals surface area (Å²) < 4.78 is 5.16. The quantitative estimate of drug-likeness (QED) is 0.885. The molecule has 0 spiro atoms. The average Bonchev–Trinajstić information content (AvgIpc) is 3.13. The van der Waals surface area contributed by atoms with Crippen LogP contribution in [0.5, 0.6) is 5.75 Å². The molecule has 0 amide bonds. The minimum absolute atomic E-state index is 0.441. The van der Waals surface area contributed by atoms with E-state index in [1.165, 1.54) is 12.8 Å². The lowest BCUT2D eigenvalue weighted by Crippen LogP contribution is -2.10. The Morgan fingerprint density at radius 3 is 2.59 bits per heavy atom. The summed E-state index contributed by atoms with van der Waals surface area (Å²) in [6.45, 7) is 0.682. The Morgan fingerprint density at radius 2 is 2.06 bits per heavy atom. The van der Waals surface area contributed by atoms with Gasteiger partial charge in [0.05, 0.1) is 12.1 Å². The SMILES string of the molecule is COc1cc(Cl)c(C(CCN)C2CC2)cc1Cl. The van der Waals surface area contributed by atoms with Gasteiger partial charge in [0.25, 0.3) is 0 Å². The molecular formula is C13H17Cl2NO. The topological polar surface area (TPSA) is 35.2 Å². The molecule has 0 heterocycles. The summed E-state index contributed by atoms with van der Waals surface area (Å²) in [7, 11) is 1.59. The van der Waals surface area contributed by atoms with Crippen LogP contribution in [0, 0.1) is 5.92 Å². The third kappa shape index (κ3) is 2.87. The number of nitrogens with two attached hydrogens (primary N) is 1. The highest BCUT2D eigenvalue weighted by Gasteiger charge is 2.33. The first kappa shape index (κ1) is 13.0. The minimum atomic E-state index is 0.441. The van der Waals surface area contributed by atoms with Gasteiger partial charge in [-0.25, -0.2) is 0 Å². The van der Waals surface area contributed by atoms with E-state index in [2.05, 4.69) is 0 Å². The van der Waals surface area contributed by atoms with E-state index in [9.17, 15) is 0 Å². The first-order chi connectivity index (χ1) is 8.17. The summed E-state index contributed by atoms with van der Waals surface area (Å²) in [5, 5.41) is 1.35. The van der Waals surface area contributed by atoms with E-state index >= 15 is 0 Å². The lowest BCUT2D eigenvalue weighted by molar-refractivity contribution is 0.414. The second-order valence-corrected chi connectivity index (χ2v) is 5.34. The van der Waals surface area contributed by atoms with Crippen LogP contribution in [0.25, 0.3) is 0 Å². The number of methoxy groups -OCH3 is 1. The first-order valence-corrected chi connectivity index (χ1v) is 6.66. The van der Waals surface area contributed by atoms with E-state index < -0.39 is 0 Å². The Bertz CT molecular complexity index is 405. The van der Waals surface area contributed by atoms with Crippen molar-refractivity contribution in [1.29, 1.82) is 0 Å². The van der Waals surface area contributed by atoms with Crippen LogP contribution in [0.4, 0.5) is 0 Å². The van der Waals surface area contributed by atoms with Gasteiger partial charge < -0.3 is 10.5 Å². The van der Waals surface area contributed by atoms with Crippen molar-refractivity contribution >= 4 is 23.2 Å². The number of ether oxygens (including phenoxy) is 1. The van der Waals surface area contributed by atoms with E-state index in [-0.39, 0.29) is 0 Å². The van der Waals surface area contributed by atoms with Crippen LogP contribution < -0.4 is 10.5 Å². The molecule has 2 rings (SSSR count). The molecule has 1 atom stereocenters. The molecule has 1 saturated carbocycles. The molecule has 0 aromatic heterocycles. The molecule has 1 aromatic rings. The molecule has 1 aliphatic rings. The van der Waals surface area contributed by atoms with Gasteiger partial charge in [-0.1, -0.05) is 23.2 Å². The summed E-state index contributed by atoms with van der Waals surface area (Å²) in [5.41, 5.74) is 6.79. The second-order valence-electron chi connectivity index (χ2n) is 4.53. The van der Waals surface area contributed by atoms with Gasteiger partial charge in [-0.05, 0) is 49.3 Å². The van der Waals surface area contributed by atoms with Crippen LogP contribution in [0.15, 0.2) is 12.1 Å². The predicted molar refractivity (Wildman–Crippen MR) is 72.2 cm³/mol. The van der Waals surface area contributed by atoms with Gasteiger partial charge in [0.2, 0.25) is 0 Å². The van der Waals surface area contributed by atoms with Gasteiger partial charge >= 0.3 is 0 Å². The number of rotatable bonds is 5. The largest absolute Gasteiger partial charge is 0.495 e. The molecule has 4 heteroatoms. The molecule has 94 valence electrons. The number of benzene rings is 1. The van der Waals surface area contributed by atoms with Crippen molar-refractivity contribution < 1.29 is 4.74 Å². The summed E-state index contributed by atoms with van der Waals surface area (Å²) in [6, 6.07) is 3.73. The monoisotopic (exact) mass is 273 g/mol. The van der Waals surface area contributed by atoms with Crippen molar-refractivity contribution in [3.05, 3.63) is 27.7 Å². The van der Waals surface area contributed by atoms with Crippen LogP contribution in [-0.4, -0.2) is 13.7 Å². The molecular weight excluding hydrogens is 257 g/mol. The van der Waals surface area contributed by atoms with Crippen LogP contribution >= 0.6 is 23.2 Å². The van der Waals surface area contributed by atoms with Crippen molar-refractivity contribution in [3.8, 4) is 5.75 Å². The van der Waals surface area contributed by atoms with Crippen molar-refractivity contribution in [2.45, 2.75) is 25.2 Å². The molecule has 0 saturated heterocycles. The number of hydrogen-bond acceptors (Lipinski definition) is 2. The fourth-order valence-corrected chi connectivity index (χ4v) is 2.85. The molecule has 1 fully saturated rings. The molecule has 1 aromatic carbocycles. The predicted octanol–water partition coefficient (Wildman–Crippen LogP) is 3.84. The fourth-order valence-electron chi connectivity index (χ4n) is 2.31. The summed E-state index contributed by atoms with van der Waals surface area (Å²) >= 11 is 12.5. The minimum Gasteiger partial charge on any atom is -0.495 e. The molecule has 0 aliphatic heterocycles. The van der Waals surface area contributed by atoms with Gasteiger partial charge in [-0.3, -0.25) is 0 Å². The molecule has 2 N–H and O–H groups in total. The van der Waals surface area contributed by atoms with Crippen LogP contribution in [-0.2, 0) is 0 Å². The number of hydrogen-bond donors (Lipinski definition) is 1. The summed E-state index contributed by atoms with van der Waals surface area (Å²) in [6.07, 6.45) is 3.50. The highest BCUT2D eigenvalue weighted by molar-refractivity contribution is 6.34. The van der Waals surface area contributed by atoms with E-state index in [4.69, 9.17) is 33.7 Å². The van der Waals surface area contributed by atoms with Crippen LogP contribution in [0.3, 0.4) is 0 Å². The van der Waals surface area contributed by atoms with Crippen molar-refractivity contribution in [2.75, 3.05) is 13.7 Å². The van der Waals surface area contributed by atoms with E-state index in [0.29, 0.717) is 23.2 Å². The maximum absolute atomic E-state index is 6.30. The smallest absolute Gasteiger partial charge is 0.138 e. The van der Waals surface area contributed by atoms with Crippen LogP contribution in [0.1, 0.15) is 30.7 Å². The lowest BCUT2D eigenvalue weighted by Gasteiger charge is -2.18. The normalized spacial score (nSPS) is 16.9. The summed E-state index contributed by atoms with van der Waals surface area (Å²) in [4.78, 5) is 0. The molecule has 0 bridgehead atoms. The zero-order valence-corrected chi connectivity index (χ0v) is 11.4. The lowest BCUT2D eigenvalue weighted by atomic mass is 9.91. The van der Waals surface area contributed by atoms with Crippen LogP contribution in [0.2, 0.25) is 10.0 Å². The Balaban J connectivity index is 2.32. The first-order valence-electron chi connectivity index (χ1n) is 5.90. The average molecular weight is 274 g/mol. The maximum atomic E-state index is 6.30. The molecule has 1 aliphatic carbocycles. The van der Waals surface area contributed by atoms with Gasteiger partial charge in [0.15, 0.2) is 0 Å². The Kier molecular flexibility index (Phi) is 4.18. The highest BCUT2D eigenvalue weighted by atomic mass is 35.5. The van der Waals surface area contributed by atoms with Crippen molar-refractivity contribution in [3.63, 3.8) is 0 Å². The van der Waals surface area contributed by atoms with E-state index in [1.807, 2.05) is 6.07 Å². The Hall–Kier alpha value is -0.440. The third-order valence-electron chi connectivity index (χ3n) is 3.34. The van der Waals surface area contributed by atoms with Gasteiger partial charge in [-0.2, -0.15) is 0 Å². The second kappa shape index (κ2) is 5.47. The molecule has 17 heavy (non-hydrogen) atoms. The Labute approximate surface area is 112 Å². The zero-order valence-electron chi connectivity index (χ0n) is 9.88.